The van der Waals surface area contributed by atoms with Crippen LogP contribution in [0.3, 0.4) is 0 Å². The Kier molecular flexibility index (Phi) is 2.57. The molecule has 2 rings (SSSR count). The van der Waals surface area contributed by atoms with Gasteiger partial charge in [0.05, 0.1) is 0 Å². The third-order valence-electron chi connectivity index (χ3n) is 2.58. The zero-order chi connectivity index (χ0) is 11.1. The largest absolute Gasteiger partial charge is 0.326 e. The van der Waals surface area contributed by atoms with E-state index in [-0.39, 0.29) is 5.41 Å². The zero-order valence-electron chi connectivity index (χ0n) is 9.50. The lowest BCUT2D eigenvalue weighted by Gasteiger charge is -2.15. The summed E-state index contributed by atoms with van der Waals surface area (Å²) in [6, 6.07) is 8.66. The second kappa shape index (κ2) is 3.62. The first-order valence-electron chi connectivity index (χ1n) is 5.24. The summed E-state index contributed by atoms with van der Waals surface area (Å²) in [6.45, 7) is 7.38. The lowest BCUT2D eigenvalue weighted by Crippen LogP contribution is -2.07. The van der Waals surface area contributed by atoms with Crippen molar-refractivity contribution in [3.63, 3.8) is 0 Å². The van der Waals surface area contributed by atoms with E-state index in [1.165, 1.54) is 20.5 Å². The van der Waals surface area contributed by atoms with Crippen LogP contribution in [0.1, 0.15) is 31.2 Å². The molecule has 0 saturated carbocycles. The zero-order valence-corrected chi connectivity index (χ0v) is 10.3. The van der Waals surface area contributed by atoms with Gasteiger partial charge in [-0.25, -0.2) is 0 Å². The van der Waals surface area contributed by atoms with E-state index in [1.807, 2.05) is 11.3 Å². The monoisotopic (exact) mass is 219 g/mol. The predicted octanol–water partition coefficient (Wildman–Crippen LogP) is 3.66. The lowest BCUT2D eigenvalue weighted by molar-refractivity contribution is 0.604. The Morgan fingerprint density at radius 1 is 1.27 bits per heavy atom. The van der Waals surface area contributed by atoms with Gasteiger partial charge in [-0.3, -0.25) is 0 Å². The first-order chi connectivity index (χ1) is 7.02. The van der Waals surface area contributed by atoms with Gasteiger partial charge in [0.2, 0.25) is 0 Å². The molecular weight excluding hydrogens is 202 g/mol. The molecule has 0 atom stereocenters. The van der Waals surface area contributed by atoms with Crippen LogP contribution in [-0.2, 0) is 12.0 Å². The number of benzene rings is 1. The number of hydrogen-bond acceptors (Lipinski definition) is 2. The van der Waals surface area contributed by atoms with Crippen LogP contribution in [0.25, 0.3) is 10.1 Å². The molecule has 0 amide bonds. The van der Waals surface area contributed by atoms with E-state index < -0.39 is 0 Å². The van der Waals surface area contributed by atoms with Gasteiger partial charge < -0.3 is 5.73 Å². The van der Waals surface area contributed by atoms with E-state index in [9.17, 15) is 0 Å². The van der Waals surface area contributed by atoms with Gasteiger partial charge >= 0.3 is 0 Å². The molecule has 0 unspecified atom stereocenters. The lowest BCUT2D eigenvalue weighted by atomic mass is 9.94. The van der Waals surface area contributed by atoms with Gasteiger partial charge in [0.1, 0.15) is 0 Å². The van der Waals surface area contributed by atoms with Crippen molar-refractivity contribution in [1.29, 1.82) is 0 Å². The van der Waals surface area contributed by atoms with Crippen molar-refractivity contribution in [2.75, 3.05) is 0 Å². The molecule has 1 aromatic carbocycles. The van der Waals surface area contributed by atoms with Gasteiger partial charge in [-0.2, -0.15) is 0 Å². The highest BCUT2D eigenvalue weighted by atomic mass is 32.1. The van der Waals surface area contributed by atoms with Crippen molar-refractivity contribution in [3.8, 4) is 0 Å². The molecule has 2 heteroatoms. The van der Waals surface area contributed by atoms with Gasteiger partial charge in [-0.15, -0.1) is 11.3 Å². The molecule has 2 N–H and O–H groups in total. The Bertz CT molecular complexity index is 477. The Morgan fingerprint density at radius 2 is 2.00 bits per heavy atom. The highest BCUT2D eigenvalue weighted by molar-refractivity contribution is 7.19. The number of hydrogen-bond donors (Lipinski definition) is 1. The molecule has 0 fully saturated rings. The van der Waals surface area contributed by atoms with Crippen LogP contribution in [0.15, 0.2) is 24.3 Å². The standard InChI is InChI=1S/C13H17NS/c1-13(2,3)11-7-9-5-4-6-10(8-14)12(9)15-11/h4-7H,8,14H2,1-3H3. The normalized spacial score (nSPS) is 12.3. The molecule has 0 bridgehead atoms. The summed E-state index contributed by atoms with van der Waals surface area (Å²) >= 11 is 1.88. The van der Waals surface area contributed by atoms with Crippen molar-refractivity contribution in [1.82, 2.24) is 0 Å². The van der Waals surface area contributed by atoms with Crippen molar-refractivity contribution in [2.45, 2.75) is 32.7 Å². The number of fused-ring (bicyclic) bond motifs is 1. The highest BCUT2D eigenvalue weighted by Gasteiger charge is 2.17. The Morgan fingerprint density at radius 3 is 2.60 bits per heavy atom. The number of thiophene rings is 1. The minimum atomic E-state index is 0.232. The fourth-order valence-electron chi connectivity index (χ4n) is 1.65. The second-order valence-electron chi connectivity index (χ2n) is 4.90. The number of nitrogens with two attached hydrogens (primary N) is 1. The third kappa shape index (κ3) is 1.92. The molecule has 0 aliphatic heterocycles. The molecule has 15 heavy (non-hydrogen) atoms. The van der Waals surface area contributed by atoms with E-state index in [1.54, 1.807) is 0 Å². The molecule has 80 valence electrons. The van der Waals surface area contributed by atoms with Crippen LogP contribution in [-0.4, -0.2) is 0 Å². The van der Waals surface area contributed by atoms with E-state index in [0.717, 1.165) is 0 Å². The first-order valence-corrected chi connectivity index (χ1v) is 6.06. The summed E-state index contributed by atoms with van der Waals surface area (Å²) in [7, 11) is 0. The molecule has 0 aliphatic rings. The predicted molar refractivity (Wildman–Crippen MR) is 68.4 cm³/mol. The molecule has 1 heterocycles. The SMILES string of the molecule is CC(C)(C)c1cc2cccc(CN)c2s1. The topological polar surface area (TPSA) is 26.0 Å². The third-order valence-corrected chi connectivity index (χ3v) is 4.24. The average molecular weight is 219 g/mol. The van der Waals surface area contributed by atoms with Crippen molar-refractivity contribution in [3.05, 3.63) is 34.7 Å². The van der Waals surface area contributed by atoms with Gasteiger partial charge in [0.25, 0.3) is 0 Å². The summed E-state index contributed by atoms with van der Waals surface area (Å²) < 4.78 is 1.35. The quantitative estimate of drug-likeness (QED) is 0.778. The second-order valence-corrected chi connectivity index (χ2v) is 5.95. The number of rotatable bonds is 1. The molecule has 0 spiro atoms. The van der Waals surface area contributed by atoms with Crippen molar-refractivity contribution in [2.24, 2.45) is 5.73 Å². The van der Waals surface area contributed by atoms with Crippen LogP contribution in [0.2, 0.25) is 0 Å². The van der Waals surface area contributed by atoms with E-state index in [2.05, 4.69) is 45.0 Å². The van der Waals surface area contributed by atoms with Gasteiger partial charge in [0.15, 0.2) is 0 Å². The average Bonchev–Trinajstić information content (AvgIpc) is 2.59. The molecule has 2 aromatic rings. The van der Waals surface area contributed by atoms with Gasteiger partial charge in [0, 0.05) is 16.1 Å². The van der Waals surface area contributed by atoms with Crippen LogP contribution in [0.4, 0.5) is 0 Å². The maximum atomic E-state index is 5.74. The summed E-state index contributed by atoms with van der Waals surface area (Å²) in [5.41, 5.74) is 7.23. The van der Waals surface area contributed by atoms with Crippen LogP contribution >= 0.6 is 11.3 Å². The molecule has 0 aliphatic carbocycles. The smallest absolute Gasteiger partial charge is 0.0390 e. The maximum Gasteiger partial charge on any atom is 0.0390 e. The summed E-state index contributed by atoms with van der Waals surface area (Å²) in [5, 5.41) is 1.33. The van der Waals surface area contributed by atoms with Crippen LogP contribution in [0.5, 0.6) is 0 Å². The van der Waals surface area contributed by atoms with Crippen LogP contribution in [0, 0.1) is 0 Å². The minimum Gasteiger partial charge on any atom is -0.326 e. The highest BCUT2D eigenvalue weighted by Crippen LogP contribution is 2.35. The maximum absolute atomic E-state index is 5.74. The summed E-state index contributed by atoms with van der Waals surface area (Å²) in [4.78, 5) is 1.43. The van der Waals surface area contributed by atoms with Gasteiger partial charge in [-0.05, 0) is 22.4 Å². The van der Waals surface area contributed by atoms with Crippen molar-refractivity contribution >= 4 is 21.4 Å². The van der Waals surface area contributed by atoms with Gasteiger partial charge in [-0.1, -0.05) is 39.0 Å². The van der Waals surface area contributed by atoms with E-state index in [0.29, 0.717) is 6.54 Å². The van der Waals surface area contributed by atoms with E-state index in [4.69, 9.17) is 5.73 Å². The molecule has 0 radical (unpaired) electrons. The fourth-order valence-corrected chi connectivity index (χ4v) is 2.89. The van der Waals surface area contributed by atoms with Crippen LogP contribution < -0.4 is 5.73 Å². The Balaban J connectivity index is 2.65. The Labute approximate surface area is 94.9 Å². The fraction of sp³-hybridized carbons (Fsp3) is 0.385. The Hall–Kier alpha value is -0.860. The van der Waals surface area contributed by atoms with Crippen molar-refractivity contribution < 1.29 is 0 Å². The molecular formula is C13H17NS. The van der Waals surface area contributed by atoms with E-state index >= 15 is 0 Å². The summed E-state index contributed by atoms with van der Waals surface area (Å²) in [6.07, 6.45) is 0. The first kappa shape index (κ1) is 10.7. The summed E-state index contributed by atoms with van der Waals surface area (Å²) in [5.74, 6) is 0. The molecule has 1 nitrogen and oxygen atoms in total. The molecule has 1 aromatic heterocycles. The molecule has 0 saturated heterocycles. The minimum absolute atomic E-state index is 0.232.